The zero-order valence-corrected chi connectivity index (χ0v) is 23.5. The predicted octanol–water partition coefficient (Wildman–Crippen LogP) is 5.78. The molecule has 212 valence electrons. The van der Waals surface area contributed by atoms with Gasteiger partial charge in [0, 0.05) is 0 Å². The Hall–Kier alpha value is -3.36. The van der Waals surface area contributed by atoms with Crippen molar-refractivity contribution in [3.8, 4) is 0 Å². The summed E-state index contributed by atoms with van der Waals surface area (Å²) in [5.41, 5.74) is 10.1. The molecule has 0 aromatic heterocycles. The average molecular weight is 552 g/mol. The standard InChI is InChI=1S/C35H37NO5/c1-34(2)40-31-30(39-33(32(31)41-34)37-23-25-15-7-3-8-16-25)29(36)24-38-35(26-17-9-4-10-18-26,27-19-11-5-12-20-27)28-21-13-6-14-22-28/h3-22,29-33H,23-24,36H2,1-2H3/t29-,30+,31+,32+,33-/m0/s1. The van der Waals surface area contributed by atoms with Gasteiger partial charge in [0.15, 0.2) is 12.1 Å². The summed E-state index contributed by atoms with van der Waals surface area (Å²) in [7, 11) is 0. The van der Waals surface area contributed by atoms with Gasteiger partial charge in [-0.15, -0.1) is 0 Å². The van der Waals surface area contributed by atoms with Crippen LogP contribution in [0.15, 0.2) is 121 Å². The topological polar surface area (TPSA) is 72.2 Å². The Balaban J connectivity index is 1.28. The van der Waals surface area contributed by atoms with Gasteiger partial charge in [0.2, 0.25) is 0 Å². The maximum absolute atomic E-state index is 6.98. The summed E-state index contributed by atoms with van der Waals surface area (Å²) >= 11 is 0. The van der Waals surface area contributed by atoms with Gasteiger partial charge in [-0.05, 0) is 36.1 Å². The van der Waals surface area contributed by atoms with Crippen LogP contribution in [0, 0.1) is 0 Å². The number of benzene rings is 4. The van der Waals surface area contributed by atoms with Crippen molar-refractivity contribution >= 4 is 0 Å². The monoisotopic (exact) mass is 551 g/mol. The molecule has 0 aliphatic carbocycles. The molecule has 0 bridgehead atoms. The highest BCUT2D eigenvalue weighted by Crippen LogP contribution is 2.43. The number of nitrogens with two attached hydrogens (primary N) is 1. The Bertz CT molecular complexity index is 1290. The van der Waals surface area contributed by atoms with Crippen LogP contribution in [0.3, 0.4) is 0 Å². The summed E-state index contributed by atoms with van der Waals surface area (Å²) in [6, 6.07) is 40.3. The minimum absolute atomic E-state index is 0.210. The molecular weight excluding hydrogens is 514 g/mol. The zero-order chi connectivity index (χ0) is 28.3. The van der Waals surface area contributed by atoms with E-state index in [9.17, 15) is 0 Å². The van der Waals surface area contributed by atoms with Gasteiger partial charge in [-0.2, -0.15) is 0 Å². The lowest BCUT2D eigenvalue weighted by Gasteiger charge is -2.37. The molecule has 0 amide bonds. The molecule has 2 saturated heterocycles. The molecule has 2 aliphatic heterocycles. The predicted molar refractivity (Wildman–Crippen MR) is 157 cm³/mol. The van der Waals surface area contributed by atoms with Gasteiger partial charge in [0.1, 0.15) is 23.9 Å². The molecule has 2 heterocycles. The van der Waals surface area contributed by atoms with Gasteiger partial charge < -0.3 is 29.4 Å². The first-order chi connectivity index (χ1) is 20.0. The van der Waals surface area contributed by atoms with Crippen molar-refractivity contribution in [2.45, 2.75) is 62.5 Å². The summed E-state index contributed by atoms with van der Waals surface area (Å²) in [5.74, 6) is -0.770. The molecule has 2 aliphatic rings. The van der Waals surface area contributed by atoms with E-state index in [4.69, 9.17) is 29.4 Å². The first-order valence-electron chi connectivity index (χ1n) is 14.2. The van der Waals surface area contributed by atoms with Crippen LogP contribution in [0.2, 0.25) is 0 Å². The molecule has 0 unspecified atom stereocenters. The van der Waals surface area contributed by atoms with Crippen LogP contribution in [0.25, 0.3) is 0 Å². The second kappa shape index (κ2) is 11.9. The van der Waals surface area contributed by atoms with E-state index in [2.05, 4.69) is 36.4 Å². The molecule has 5 atom stereocenters. The third-order valence-electron chi connectivity index (χ3n) is 7.76. The Kier molecular flexibility index (Phi) is 8.04. The van der Waals surface area contributed by atoms with Crippen molar-refractivity contribution in [3.05, 3.63) is 144 Å². The van der Waals surface area contributed by atoms with Crippen LogP contribution in [-0.2, 0) is 35.9 Å². The normalized spacial score (nSPS) is 24.2. The van der Waals surface area contributed by atoms with Gasteiger partial charge in [0.05, 0.1) is 19.3 Å². The third-order valence-corrected chi connectivity index (χ3v) is 7.76. The van der Waals surface area contributed by atoms with Crippen molar-refractivity contribution in [2.75, 3.05) is 6.61 Å². The Labute approximate surface area is 242 Å². The van der Waals surface area contributed by atoms with Crippen molar-refractivity contribution in [2.24, 2.45) is 5.73 Å². The molecule has 0 spiro atoms. The van der Waals surface area contributed by atoms with E-state index in [-0.39, 0.29) is 12.7 Å². The summed E-state index contributed by atoms with van der Waals surface area (Å²) in [6.45, 7) is 4.42. The number of hydrogen-bond acceptors (Lipinski definition) is 6. The van der Waals surface area contributed by atoms with Crippen LogP contribution >= 0.6 is 0 Å². The fourth-order valence-corrected chi connectivity index (χ4v) is 5.91. The molecule has 41 heavy (non-hydrogen) atoms. The maximum atomic E-state index is 6.98. The number of ether oxygens (including phenoxy) is 5. The van der Waals surface area contributed by atoms with Crippen molar-refractivity contribution in [1.29, 1.82) is 0 Å². The molecule has 6 nitrogen and oxygen atoms in total. The fraction of sp³-hybridized carbons (Fsp3) is 0.314. The Morgan fingerprint density at radius 2 is 1.17 bits per heavy atom. The lowest BCUT2D eigenvalue weighted by Crippen LogP contribution is -2.48. The van der Waals surface area contributed by atoms with Crippen LogP contribution in [0.5, 0.6) is 0 Å². The lowest BCUT2D eigenvalue weighted by molar-refractivity contribution is -0.239. The smallest absolute Gasteiger partial charge is 0.187 e. The van der Waals surface area contributed by atoms with E-state index < -0.39 is 35.9 Å². The van der Waals surface area contributed by atoms with Crippen LogP contribution in [-0.4, -0.2) is 43.0 Å². The number of fused-ring (bicyclic) bond motifs is 1. The minimum atomic E-state index is -0.880. The van der Waals surface area contributed by atoms with E-state index >= 15 is 0 Å². The number of hydrogen-bond donors (Lipinski definition) is 1. The fourth-order valence-electron chi connectivity index (χ4n) is 5.91. The lowest BCUT2D eigenvalue weighted by atomic mass is 9.80. The number of rotatable bonds is 10. The van der Waals surface area contributed by atoms with E-state index in [0.29, 0.717) is 6.61 Å². The van der Waals surface area contributed by atoms with Crippen molar-refractivity contribution in [1.82, 2.24) is 0 Å². The summed E-state index contributed by atoms with van der Waals surface area (Å²) in [4.78, 5) is 0. The maximum Gasteiger partial charge on any atom is 0.187 e. The highest BCUT2D eigenvalue weighted by atomic mass is 16.8. The Morgan fingerprint density at radius 1 is 0.707 bits per heavy atom. The van der Waals surface area contributed by atoms with Crippen molar-refractivity contribution < 1.29 is 23.7 Å². The molecule has 4 aromatic rings. The molecule has 6 rings (SSSR count). The van der Waals surface area contributed by atoms with E-state index in [1.165, 1.54) is 0 Å². The average Bonchev–Trinajstić information content (AvgIpc) is 3.51. The molecule has 2 fully saturated rings. The summed E-state index contributed by atoms with van der Waals surface area (Å²) in [6.07, 6.45) is -1.88. The van der Waals surface area contributed by atoms with Gasteiger partial charge in [0.25, 0.3) is 0 Å². The highest BCUT2D eigenvalue weighted by Gasteiger charge is 2.57. The van der Waals surface area contributed by atoms with E-state index in [1.54, 1.807) is 0 Å². The molecule has 4 aromatic carbocycles. The van der Waals surface area contributed by atoms with Crippen LogP contribution < -0.4 is 5.73 Å². The van der Waals surface area contributed by atoms with Gasteiger partial charge >= 0.3 is 0 Å². The van der Waals surface area contributed by atoms with Crippen LogP contribution in [0.4, 0.5) is 0 Å². The SMILES string of the molecule is CC1(C)O[C@H]2[C@@H](O1)[C@@H](OCc1ccccc1)O[C@@H]2[C@@H](N)COC(c1ccccc1)(c1ccccc1)c1ccccc1. The van der Waals surface area contributed by atoms with E-state index in [1.807, 2.05) is 98.8 Å². The van der Waals surface area contributed by atoms with Crippen molar-refractivity contribution in [3.63, 3.8) is 0 Å². The highest BCUT2D eigenvalue weighted by molar-refractivity contribution is 5.47. The summed E-state index contributed by atoms with van der Waals surface area (Å²) < 4.78 is 32.2. The van der Waals surface area contributed by atoms with Gasteiger partial charge in [-0.1, -0.05) is 121 Å². The molecule has 6 heteroatoms. The largest absolute Gasteiger partial charge is 0.359 e. The quantitative estimate of drug-likeness (QED) is 0.252. The molecule has 0 radical (unpaired) electrons. The summed E-state index contributed by atoms with van der Waals surface area (Å²) in [5, 5.41) is 0. The third kappa shape index (κ3) is 5.72. The first kappa shape index (κ1) is 27.8. The second-order valence-electron chi connectivity index (χ2n) is 11.1. The minimum Gasteiger partial charge on any atom is -0.359 e. The molecular formula is C35H37NO5. The van der Waals surface area contributed by atoms with Gasteiger partial charge in [-0.25, -0.2) is 0 Å². The van der Waals surface area contributed by atoms with E-state index in [0.717, 1.165) is 22.3 Å². The van der Waals surface area contributed by atoms with Gasteiger partial charge in [-0.3, -0.25) is 0 Å². The Morgan fingerprint density at radius 3 is 1.68 bits per heavy atom. The molecule has 2 N–H and O–H groups in total. The second-order valence-corrected chi connectivity index (χ2v) is 11.1. The molecule has 0 saturated carbocycles. The zero-order valence-electron chi connectivity index (χ0n) is 23.5. The first-order valence-corrected chi connectivity index (χ1v) is 14.2. The van der Waals surface area contributed by atoms with Crippen LogP contribution in [0.1, 0.15) is 36.1 Å².